The molecular formula is C56H37N3. The molecule has 3 nitrogen and oxygen atoms in total. The fourth-order valence-corrected chi connectivity index (χ4v) is 9.43. The molecule has 0 fully saturated rings. The van der Waals surface area contributed by atoms with Crippen LogP contribution in [0.2, 0.25) is 0 Å². The number of hydrogen-bond donors (Lipinski definition) is 0. The van der Waals surface area contributed by atoms with Crippen LogP contribution in [0.3, 0.4) is 0 Å². The fraction of sp³-hybridized carbons (Fsp3) is 0. The average molecular weight is 752 g/mol. The molecule has 0 unspecified atom stereocenters. The maximum atomic E-state index is 2.45. The Bertz CT molecular complexity index is 3490. The van der Waals surface area contributed by atoms with Crippen molar-refractivity contribution in [3.8, 4) is 22.5 Å². The standard InChI is InChI=1S/C56H37N3/c1-3-15-38(16-4-1)39-31-33-43(34-32-39)57(44-20-14-21-45(36-44)59-51-25-10-7-22-46(51)47-23-8-11-26-52(47)59)54-28-13-17-40-29-30-41-35-50-48-24-9-12-27-53(48)58(42-18-5-2-6-19-42)55(50)37-49(41)56(40)54/h1-37H. The van der Waals surface area contributed by atoms with Crippen LogP contribution in [0.1, 0.15) is 0 Å². The molecule has 276 valence electrons. The maximum absolute atomic E-state index is 2.45. The summed E-state index contributed by atoms with van der Waals surface area (Å²) in [5, 5.41) is 9.85. The summed E-state index contributed by atoms with van der Waals surface area (Å²) in [6.07, 6.45) is 0. The molecule has 0 spiro atoms. The van der Waals surface area contributed by atoms with Gasteiger partial charge in [0.05, 0.1) is 27.8 Å². The molecule has 2 aromatic heterocycles. The summed E-state index contributed by atoms with van der Waals surface area (Å²) in [4.78, 5) is 2.45. The number of aromatic nitrogens is 2. The zero-order chi connectivity index (χ0) is 38.9. The van der Waals surface area contributed by atoms with E-state index < -0.39 is 0 Å². The van der Waals surface area contributed by atoms with Crippen LogP contribution in [0.25, 0.3) is 87.7 Å². The van der Waals surface area contributed by atoms with Gasteiger partial charge in [-0.05, 0) is 106 Å². The van der Waals surface area contributed by atoms with Crippen molar-refractivity contribution in [2.24, 2.45) is 0 Å². The van der Waals surface area contributed by atoms with E-state index in [0.29, 0.717) is 0 Å². The number of hydrogen-bond acceptors (Lipinski definition) is 1. The Kier molecular flexibility index (Phi) is 7.54. The minimum atomic E-state index is 1.08. The van der Waals surface area contributed by atoms with Crippen molar-refractivity contribution < 1.29 is 0 Å². The number of nitrogens with zero attached hydrogens (tertiary/aromatic N) is 3. The summed E-state index contributed by atoms with van der Waals surface area (Å²) in [5.41, 5.74) is 12.7. The van der Waals surface area contributed by atoms with E-state index >= 15 is 0 Å². The van der Waals surface area contributed by atoms with E-state index in [1.165, 1.54) is 76.3 Å². The van der Waals surface area contributed by atoms with Gasteiger partial charge in [0, 0.05) is 49.7 Å². The lowest BCUT2D eigenvalue weighted by Crippen LogP contribution is -2.11. The summed E-state index contributed by atoms with van der Waals surface area (Å²) < 4.78 is 4.82. The Morgan fingerprint density at radius 3 is 1.53 bits per heavy atom. The van der Waals surface area contributed by atoms with Gasteiger partial charge in [0.15, 0.2) is 0 Å². The highest BCUT2D eigenvalue weighted by Gasteiger charge is 2.21. The largest absolute Gasteiger partial charge is 0.310 e. The lowest BCUT2D eigenvalue weighted by atomic mass is 9.97. The van der Waals surface area contributed by atoms with E-state index in [9.17, 15) is 0 Å². The van der Waals surface area contributed by atoms with Crippen molar-refractivity contribution in [2.45, 2.75) is 0 Å². The summed E-state index contributed by atoms with van der Waals surface area (Å²) in [6.45, 7) is 0. The third-order valence-corrected chi connectivity index (χ3v) is 12.0. The van der Waals surface area contributed by atoms with Crippen LogP contribution in [0.4, 0.5) is 17.1 Å². The van der Waals surface area contributed by atoms with E-state index in [0.717, 1.165) is 28.4 Å². The Labute approximate surface area is 341 Å². The number of benzene rings is 10. The normalized spacial score (nSPS) is 11.7. The van der Waals surface area contributed by atoms with Crippen molar-refractivity contribution in [1.82, 2.24) is 9.13 Å². The monoisotopic (exact) mass is 751 g/mol. The number of para-hydroxylation sites is 4. The zero-order valence-electron chi connectivity index (χ0n) is 32.2. The van der Waals surface area contributed by atoms with Gasteiger partial charge >= 0.3 is 0 Å². The minimum Gasteiger partial charge on any atom is -0.310 e. The van der Waals surface area contributed by atoms with Crippen LogP contribution in [-0.2, 0) is 0 Å². The first-order chi connectivity index (χ1) is 29.3. The second-order valence-electron chi connectivity index (χ2n) is 15.4. The zero-order valence-corrected chi connectivity index (χ0v) is 32.2. The van der Waals surface area contributed by atoms with Crippen LogP contribution in [0, 0.1) is 0 Å². The van der Waals surface area contributed by atoms with E-state index in [1.54, 1.807) is 0 Å². The number of rotatable bonds is 6. The van der Waals surface area contributed by atoms with Crippen LogP contribution in [0.15, 0.2) is 224 Å². The molecule has 0 aliphatic heterocycles. The third-order valence-electron chi connectivity index (χ3n) is 12.0. The van der Waals surface area contributed by atoms with Crippen LogP contribution in [-0.4, -0.2) is 9.13 Å². The van der Waals surface area contributed by atoms with Gasteiger partial charge in [0.25, 0.3) is 0 Å². The third kappa shape index (κ3) is 5.29. The lowest BCUT2D eigenvalue weighted by molar-refractivity contribution is 1.17. The minimum absolute atomic E-state index is 1.08. The van der Waals surface area contributed by atoms with Gasteiger partial charge < -0.3 is 14.0 Å². The second-order valence-corrected chi connectivity index (χ2v) is 15.4. The molecule has 12 rings (SSSR count). The molecule has 2 heterocycles. The molecule has 59 heavy (non-hydrogen) atoms. The van der Waals surface area contributed by atoms with Gasteiger partial charge in [-0.1, -0.05) is 146 Å². The highest BCUT2D eigenvalue weighted by Crippen LogP contribution is 2.45. The lowest BCUT2D eigenvalue weighted by Gasteiger charge is -2.28. The molecule has 10 aromatic carbocycles. The van der Waals surface area contributed by atoms with Gasteiger partial charge in [-0.2, -0.15) is 0 Å². The Morgan fingerprint density at radius 2 is 0.831 bits per heavy atom. The summed E-state index contributed by atoms with van der Waals surface area (Å²) in [7, 11) is 0. The van der Waals surface area contributed by atoms with Crippen molar-refractivity contribution in [3.63, 3.8) is 0 Å². The van der Waals surface area contributed by atoms with Crippen LogP contribution < -0.4 is 4.90 Å². The molecular weight excluding hydrogens is 715 g/mol. The first-order valence-electron chi connectivity index (χ1n) is 20.3. The van der Waals surface area contributed by atoms with Gasteiger partial charge in [-0.25, -0.2) is 0 Å². The van der Waals surface area contributed by atoms with Crippen LogP contribution in [0.5, 0.6) is 0 Å². The predicted molar refractivity (Wildman–Crippen MR) is 250 cm³/mol. The van der Waals surface area contributed by atoms with Gasteiger partial charge in [0.1, 0.15) is 0 Å². The van der Waals surface area contributed by atoms with Crippen LogP contribution >= 0.6 is 0 Å². The molecule has 0 bridgehead atoms. The molecule has 3 heteroatoms. The molecule has 0 radical (unpaired) electrons. The molecule has 0 aliphatic rings. The highest BCUT2D eigenvalue weighted by molar-refractivity contribution is 6.21. The van der Waals surface area contributed by atoms with E-state index in [-0.39, 0.29) is 0 Å². The first-order valence-corrected chi connectivity index (χ1v) is 20.3. The summed E-state index contributed by atoms with van der Waals surface area (Å²) in [5.74, 6) is 0. The van der Waals surface area contributed by atoms with E-state index in [2.05, 4.69) is 238 Å². The number of fused-ring (bicyclic) bond motifs is 9. The molecule has 0 saturated carbocycles. The molecule has 12 aromatic rings. The van der Waals surface area contributed by atoms with Crippen molar-refractivity contribution in [2.75, 3.05) is 4.90 Å². The summed E-state index contributed by atoms with van der Waals surface area (Å²) in [6, 6.07) is 81.8. The topological polar surface area (TPSA) is 13.1 Å². The predicted octanol–water partition coefficient (Wildman–Crippen LogP) is 15.3. The van der Waals surface area contributed by atoms with E-state index in [1.807, 2.05) is 0 Å². The Hall–Kier alpha value is -7.88. The molecule has 0 amide bonds. The summed E-state index contributed by atoms with van der Waals surface area (Å²) >= 11 is 0. The SMILES string of the molecule is c1ccc(-c2ccc(N(c3cccc(-n4c5ccccc5c5ccccc54)c3)c3cccc4ccc5cc6c7ccccc7n(-c7ccccc7)c6cc5c34)cc2)cc1. The smallest absolute Gasteiger partial charge is 0.0547 e. The highest BCUT2D eigenvalue weighted by atomic mass is 15.1. The maximum Gasteiger partial charge on any atom is 0.0547 e. The molecule has 0 saturated heterocycles. The van der Waals surface area contributed by atoms with E-state index in [4.69, 9.17) is 0 Å². The Balaban J connectivity index is 1.13. The first kappa shape index (κ1) is 33.3. The quantitative estimate of drug-likeness (QED) is 0.154. The molecule has 0 atom stereocenters. The van der Waals surface area contributed by atoms with Gasteiger partial charge in [-0.3, -0.25) is 0 Å². The Morgan fingerprint density at radius 1 is 0.288 bits per heavy atom. The van der Waals surface area contributed by atoms with Gasteiger partial charge in [-0.15, -0.1) is 0 Å². The fourth-order valence-electron chi connectivity index (χ4n) is 9.43. The van der Waals surface area contributed by atoms with Crippen molar-refractivity contribution in [1.29, 1.82) is 0 Å². The second kappa shape index (κ2) is 13.4. The molecule has 0 aliphatic carbocycles. The number of anilines is 3. The average Bonchev–Trinajstić information content (AvgIpc) is 3.82. The van der Waals surface area contributed by atoms with Gasteiger partial charge in [0.2, 0.25) is 0 Å². The van der Waals surface area contributed by atoms with Crippen molar-refractivity contribution >= 4 is 82.2 Å². The van der Waals surface area contributed by atoms with Crippen molar-refractivity contribution in [3.05, 3.63) is 224 Å². The molecule has 0 N–H and O–H groups in total.